The quantitative estimate of drug-likeness (QED) is 0.0211. The maximum absolute atomic E-state index is 11.1. The minimum atomic E-state index is -0.937. The van der Waals surface area contributed by atoms with Crippen LogP contribution in [0.4, 0.5) is 0 Å². The Balaban J connectivity index is -0.0000000816. The number of ketones is 3. The number of carbonyl (C=O) groups is 16. The topological polar surface area (TPSA) is 350 Å². The van der Waals surface area contributed by atoms with E-state index in [-0.39, 0.29) is 106 Å². The molecular weight excluding hydrogens is 1340 g/mol. The molecule has 0 bridgehead atoms. The molecule has 0 amide bonds. The van der Waals surface area contributed by atoms with Crippen molar-refractivity contribution in [2.45, 2.75) is 144 Å². The molecule has 0 rings (SSSR count). The number of carbonyl (C=O) groups excluding carboxylic acids is 16. The summed E-state index contributed by atoms with van der Waals surface area (Å²) >= 11 is 0. The Labute approximate surface area is 519 Å². The standard InChI is InChI=1S/C14H20O5.C10H14O4.C8H13NO2.C8H12O3.C6H9O2.C4H4O2.C3H4O2.C2H4O2.CH2O.U.V/c1-4-7-17-12(10-15)14(19-9-6-3)13(11-16)18-8-5-2;1-3-5-13-9(7-11)10(8-12)14-6-4-2;1-3-4-9-8(6-10)5-7(2)11;1-3-4-11-8(6-9)5-7(2)10;1-6(8)4-2-3-5-7;5-3-1-2-4-6;4-2-1-3-5;1-4-2-3;1-2;;/h4-14H,1-3H3;3-10H,1-2H3;3-4,6,8-9H,5H2,1-2H3;3-4,6,8H,5H2,1-2H3;2,5H,3-4H2,1H3;1-4H;2-3H,1H2;2H,1H3;1H2;;/q;;;;-1;;;;;;/i;;;;;;;1D;;;. The zero-order valence-corrected chi connectivity index (χ0v) is 53.6. The predicted molar refractivity (Wildman–Crippen MR) is 295 cm³/mol. The molecule has 1 N–H and O–H groups in total. The normalized spacial score (nSPS) is 12.2. The first-order valence-corrected chi connectivity index (χ1v) is 23.5. The monoisotopic (exact) mass is 1430 g/mol. The Bertz CT molecular complexity index is 1770. The van der Waals surface area contributed by atoms with Crippen LogP contribution in [-0.2, 0) is 128 Å². The van der Waals surface area contributed by atoms with Gasteiger partial charge in [-0.05, 0) is 87.6 Å². The van der Waals surface area contributed by atoms with E-state index < -0.39 is 36.6 Å². The van der Waals surface area contributed by atoms with E-state index >= 15 is 0 Å². The van der Waals surface area contributed by atoms with Gasteiger partial charge in [0, 0.05) is 62.5 Å². The molecule has 0 aliphatic carbocycles. The van der Waals surface area contributed by atoms with Crippen molar-refractivity contribution in [1.82, 2.24) is 5.32 Å². The summed E-state index contributed by atoms with van der Waals surface area (Å²) in [5, 5.41) is 2.78. The SMILES string of the molecule is C=O.CC(=O)C[CH-]CC=O.CC=CNC(C=O)CC(C)=O.CC=COC(C=O)C(C=O)OC=CC.CC=COC(C=O)C(OC=CC)C(C=O)OC=CC.CC=COC(C=O)CC(C)=O.O=CC=CC=O.O=CCC=O.[2H]COC=O.[U].[V]. The number of rotatable bonds is 36. The summed E-state index contributed by atoms with van der Waals surface area (Å²) in [6, 6.07) is -0.372. The number of hydrogen-bond donors (Lipinski definition) is 1. The molecule has 0 fully saturated rings. The van der Waals surface area contributed by atoms with Crippen LogP contribution in [0.25, 0.3) is 0 Å². The van der Waals surface area contributed by atoms with Crippen LogP contribution in [0.15, 0.2) is 98.5 Å². The first-order chi connectivity index (χ1) is 39.0. The van der Waals surface area contributed by atoms with Crippen LogP contribution in [0.3, 0.4) is 0 Å². The van der Waals surface area contributed by atoms with E-state index in [4.69, 9.17) is 39.4 Å². The number of Topliss-reactive ketones (excluding diaryl/α,β-unsaturated/α-hetero) is 3. The average Bonchev–Trinajstić information content (AvgIpc) is 3.46. The maximum atomic E-state index is 11.1. The number of hydrogen-bond acceptors (Lipinski definition) is 24. The Kier molecular flexibility index (Phi) is 110. The second-order valence-electron chi connectivity index (χ2n) is 13.5. The van der Waals surface area contributed by atoms with Crippen molar-refractivity contribution < 1.29 is 161 Å². The minimum absolute atomic E-state index is 0. The van der Waals surface area contributed by atoms with Crippen LogP contribution in [0.1, 0.15) is 103 Å². The van der Waals surface area contributed by atoms with Crippen LogP contribution < -0.4 is 5.32 Å². The van der Waals surface area contributed by atoms with Gasteiger partial charge in [-0.2, -0.15) is 0 Å². The fraction of sp³-hybridized carbons (Fsp3) is 0.411. The molecule has 0 spiro atoms. The number of methoxy groups -OCH3 is 1. The molecule has 6 unspecified atom stereocenters. The van der Waals surface area contributed by atoms with Crippen molar-refractivity contribution >= 4 is 99.8 Å². The van der Waals surface area contributed by atoms with E-state index in [2.05, 4.69) is 10.1 Å². The summed E-state index contributed by atoms with van der Waals surface area (Å²) in [5.74, 6) is 0.0672. The smallest absolute Gasteiger partial charge is 0.292 e. The van der Waals surface area contributed by atoms with E-state index in [9.17, 15) is 67.1 Å². The summed E-state index contributed by atoms with van der Waals surface area (Å²) < 4.78 is 40.5. The zero-order valence-electron chi connectivity index (χ0n) is 49.1. The molecule has 24 nitrogen and oxygen atoms in total. The zero-order chi connectivity index (χ0) is 64.2. The van der Waals surface area contributed by atoms with Gasteiger partial charge in [-0.1, -0.05) is 42.5 Å². The Morgan fingerprint density at radius 2 is 0.878 bits per heavy atom. The van der Waals surface area contributed by atoms with E-state index in [1.165, 1.54) is 58.3 Å². The molecule has 26 heteroatoms. The van der Waals surface area contributed by atoms with Crippen LogP contribution in [0.2, 0.25) is 0 Å². The fourth-order valence-corrected chi connectivity index (χ4v) is 3.69. The average molecular weight is 1430 g/mol. The third kappa shape index (κ3) is 92.1. The fourth-order valence-electron chi connectivity index (χ4n) is 3.69. The third-order valence-corrected chi connectivity index (χ3v) is 6.77. The van der Waals surface area contributed by atoms with Crippen LogP contribution in [0, 0.1) is 37.5 Å². The van der Waals surface area contributed by atoms with Crippen molar-refractivity contribution in [1.29, 1.82) is 0 Å². The second-order valence-corrected chi connectivity index (χ2v) is 13.5. The van der Waals surface area contributed by atoms with Gasteiger partial charge >= 0.3 is 0 Å². The summed E-state index contributed by atoms with van der Waals surface area (Å²) in [6.45, 7) is 19.0. The molecule has 0 aliphatic heterocycles. The van der Waals surface area contributed by atoms with Crippen LogP contribution >= 0.6 is 0 Å². The van der Waals surface area contributed by atoms with Gasteiger partial charge in [0.25, 0.3) is 6.47 Å². The Morgan fingerprint density at radius 1 is 0.500 bits per heavy atom. The van der Waals surface area contributed by atoms with Gasteiger partial charge in [0.1, 0.15) is 55.6 Å². The Hall–Kier alpha value is -7.32. The number of unbranched alkanes of at least 4 members (excludes halogenated alkanes) is 1. The molecule has 6 atom stereocenters. The summed E-state index contributed by atoms with van der Waals surface area (Å²) in [7, 11) is -0.274. The van der Waals surface area contributed by atoms with E-state index in [0.717, 1.165) is 24.7 Å². The van der Waals surface area contributed by atoms with E-state index in [0.29, 0.717) is 69.4 Å². The number of allylic oxidation sites excluding steroid dienone is 9. The van der Waals surface area contributed by atoms with Crippen molar-refractivity contribution in [3.63, 3.8) is 0 Å². The van der Waals surface area contributed by atoms with Crippen molar-refractivity contribution in [2.24, 2.45) is 0 Å². The van der Waals surface area contributed by atoms with Crippen molar-refractivity contribution in [3.05, 3.63) is 105 Å². The molecule has 0 aromatic heterocycles. The van der Waals surface area contributed by atoms with Gasteiger partial charge in [0.05, 0.1) is 64.8 Å². The molecular formula is C56H82NO23UV-. The molecule has 459 valence electrons. The molecule has 1 radical (unpaired) electrons. The van der Waals surface area contributed by atoms with Gasteiger partial charge in [0.2, 0.25) is 0 Å². The third-order valence-electron chi connectivity index (χ3n) is 6.77. The molecule has 0 saturated carbocycles. The molecule has 0 heterocycles. The molecule has 0 aliphatic rings. The molecule has 82 heavy (non-hydrogen) atoms. The number of ether oxygens (including phenoxy) is 7. The summed E-state index contributed by atoms with van der Waals surface area (Å²) in [6.07, 6.45) is 28.0. The van der Waals surface area contributed by atoms with Crippen molar-refractivity contribution in [3.8, 4) is 0 Å². The van der Waals surface area contributed by atoms with E-state index in [1.54, 1.807) is 96.7 Å². The van der Waals surface area contributed by atoms with Crippen molar-refractivity contribution in [2.75, 3.05) is 7.09 Å². The minimum Gasteiger partial charge on any atom is -0.490 e. The molecule has 0 aromatic rings. The van der Waals surface area contributed by atoms with Gasteiger partial charge in [-0.3, -0.25) is 47.9 Å². The van der Waals surface area contributed by atoms with Gasteiger partial charge < -0.3 is 73.7 Å². The molecule has 0 saturated heterocycles. The van der Waals surface area contributed by atoms with Gasteiger partial charge in [0.15, 0.2) is 68.1 Å². The summed E-state index contributed by atoms with van der Waals surface area (Å²) in [5.41, 5.74) is 0. The van der Waals surface area contributed by atoms with Gasteiger partial charge in [-0.25, -0.2) is 0 Å². The van der Waals surface area contributed by atoms with E-state index in [1.807, 2.05) is 13.7 Å². The van der Waals surface area contributed by atoms with Crippen LogP contribution in [0.5, 0.6) is 0 Å². The van der Waals surface area contributed by atoms with Crippen LogP contribution in [-0.4, -0.2) is 150 Å². The molecule has 0 aromatic carbocycles. The predicted octanol–water partition coefficient (Wildman–Crippen LogP) is 5.18. The largest absolute Gasteiger partial charge is 0.490 e. The first-order valence-electron chi connectivity index (χ1n) is 24.2. The van der Waals surface area contributed by atoms with Gasteiger partial charge in [-0.15, -0.1) is 12.8 Å². The number of nitrogens with one attached hydrogen (secondary N) is 1. The second kappa shape index (κ2) is 93.0. The number of aldehydes is 11. The first kappa shape index (κ1) is 96.9. The summed E-state index contributed by atoms with van der Waals surface area (Å²) in [4.78, 5) is 159. The maximum Gasteiger partial charge on any atom is 0.292 e. The Morgan fingerprint density at radius 3 is 1.12 bits per heavy atom.